The fourth-order valence-electron chi connectivity index (χ4n) is 1.69. The van der Waals surface area contributed by atoms with Gasteiger partial charge in [0.1, 0.15) is 5.54 Å². The molecule has 4 heteroatoms. The van der Waals surface area contributed by atoms with Gasteiger partial charge in [0.15, 0.2) is 5.78 Å². The maximum atomic E-state index is 11.9. The molecule has 0 aromatic rings. The highest BCUT2D eigenvalue weighted by Gasteiger charge is 2.39. The average molecular weight is 201 g/mol. The molecule has 0 aromatic carbocycles. The van der Waals surface area contributed by atoms with Crippen LogP contribution in [0.1, 0.15) is 19.8 Å². The van der Waals surface area contributed by atoms with Crippen molar-refractivity contribution < 1.29 is 14.3 Å². The molecule has 82 valence electrons. The molecular weight excluding hydrogens is 182 g/mol. The number of methoxy groups -OCH3 is 1. The summed E-state index contributed by atoms with van der Waals surface area (Å²) >= 11 is 0. The maximum absolute atomic E-state index is 11.9. The highest BCUT2D eigenvalue weighted by molar-refractivity contribution is 5.90. The summed E-state index contributed by atoms with van der Waals surface area (Å²) in [5, 5.41) is 0. The summed E-state index contributed by atoms with van der Waals surface area (Å²) in [5.74, 6) is 0.0636. The third-order valence-electron chi connectivity index (χ3n) is 2.75. The van der Waals surface area contributed by atoms with E-state index in [1.807, 2.05) is 6.92 Å². The highest BCUT2D eigenvalue weighted by Crippen LogP contribution is 2.21. The average Bonchev–Trinajstić information content (AvgIpc) is 2.61. The van der Waals surface area contributed by atoms with Crippen LogP contribution in [-0.4, -0.2) is 38.3 Å². The monoisotopic (exact) mass is 201 g/mol. The molecule has 1 aliphatic rings. The van der Waals surface area contributed by atoms with E-state index >= 15 is 0 Å². The Morgan fingerprint density at radius 2 is 2.43 bits per heavy atom. The van der Waals surface area contributed by atoms with Gasteiger partial charge in [-0.05, 0) is 12.8 Å². The first kappa shape index (κ1) is 11.6. The second-order valence-electron chi connectivity index (χ2n) is 4.01. The second-order valence-corrected chi connectivity index (χ2v) is 4.01. The SMILES string of the molecule is COCCC(C)C(=O)C1(N)CCOC1. The Morgan fingerprint density at radius 1 is 1.71 bits per heavy atom. The van der Waals surface area contributed by atoms with Crippen LogP contribution in [0.2, 0.25) is 0 Å². The molecule has 1 fully saturated rings. The van der Waals surface area contributed by atoms with Crippen LogP contribution in [-0.2, 0) is 14.3 Å². The number of hydrogen-bond donors (Lipinski definition) is 1. The van der Waals surface area contributed by atoms with Crippen molar-refractivity contribution >= 4 is 5.78 Å². The van der Waals surface area contributed by atoms with Gasteiger partial charge in [-0.15, -0.1) is 0 Å². The zero-order valence-corrected chi connectivity index (χ0v) is 8.91. The van der Waals surface area contributed by atoms with Crippen LogP contribution in [0.3, 0.4) is 0 Å². The Hall–Kier alpha value is -0.450. The number of ether oxygens (including phenoxy) is 2. The topological polar surface area (TPSA) is 61.5 Å². The van der Waals surface area contributed by atoms with Gasteiger partial charge in [-0.3, -0.25) is 4.79 Å². The minimum absolute atomic E-state index is 0.0401. The summed E-state index contributed by atoms with van der Waals surface area (Å²) < 4.78 is 10.1. The molecule has 0 aromatic heterocycles. The van der Waals surface area contributed by atoms with Crippen molar-refractivity contribution in [3.63, 3.8) is 0 Å². The van der Waals surface area contributed by atoms with E-state index < -0.39 is 5.54 Å². The van der Waals surface area contributed by atoms with E-state index in [9.17, 15) is 4.79 Å². The Morgan fingerprint density at radius 3 is 2.93 bits per heavy atom. The minimum Gasteiger partial charge on any atom is -0.385 e. The van der Waals surface area contributed by atoms with Crippen LogP contribution in [0.25, 0.3) is 0 Å². The summed E-state index contributed by atoms with van der Waals surface area (Å²) in [6.45, 7) is 3.46. The minimum atomic E-state index is -0.743. The Labute approximate surface area is 84.7 Å². The predicted octanol–water partition coefficient (Wildman–Crippen LogP) is 0.346. The normalized spacial score (nSPS) is 29.1. The van der Waals surface area contributed by atoms with E-state index in [4.69, 9.17) is 15.2 Å². The lowest BCUT2D eigenvalue weighted by Gasteiger charge is -2.23. The molecular formula is C10H19NO3. The zero-order chi connectivity index (χ0) is 10.6. The highest BCUT2D eigenvalue weighted by atomic mass is 16.5. The van der Waals surface area contributed by atoms with Crippen molar-refractivity contribution in [2.75, 3.05) is 26.9 Å². The number of Topliss-reactive ketones (excluding diaryl/α,β-unsaturated/α-hetero) is 1. The van der Waals surface area contributed by atoms with E-state index in [1.165, 1.54) is 0 Å². The van der Waals surface area contributed by atoms with Crippen molar-refractivity contribution in [3.05, 3.63) is 0 Å². The maximum Gasteiger partial charge on any atom is 0.157 e. The van der Waals surface area contributed by atoms with E-state index in [-0.39, 0.29) is 11.7 Å². The molecule has 0 amide bonds. The number of nitrogens with two attached hydrogens (primary N) is 1. The van der Waals surface area contributed by atoms with Gasteiger partial charge in [0, 0.05) is 26.2 Å². The molecule has 2 N–H and O–H groups in total. The lowest BCUT2D eigenvalue weighted by Crippen LogP contribution is -2.51. The van der Waals surface area contributed by atoms with E-state index in [0.717, 1.165) is 6.42 Å². The van der Waals surface area contributed by atoms with Crippen LogP contribution in [0.4, 0.5) is 0 Å². The van der Waals surface area contributed by atoms with Gasteiger partial charge in [-0.25, -0.2) is 0 Å². The first-order chi connectivity index (χ1) is 6.60. The molecule has 0 bridgehead atoms. The number of ketones is 1. The van der Waals surface area contributed by atoms with Gasteiger partial charge in [-0.1, -0.05) is 6.92 Å². The number of hydrogen-bond acceptors (Lipinski definition) is 4. The second kappa shape index (κ2) is 4.87. The summed E-state index contributed by atoms with van der Waals surface area (Å²) in [4.78, 5) is 11.9. The summed E-state index contributed by atoms with van der Waals surface area (Å²) in [7, 11) is 1.63. The molecule has 1 saturated heterocycles. The van der Waals surface area contributed by atoms with Gasteiger partial charge in [0.25, 0.3) is 0 Å². The Bertz CT molecular complexity index is 200. The Kier molecular flexibility index (Phi) is 4.04. The fourth-order valence-corrected chi connectivity index (χ4v) is 1.69. The van der Waals surface area contributed by atoms with Crippen molar-refractivity contribution in [2.24, 2.45) is 11.7 Å². The third-order valence-corrected chi connectivity index (χ3v) is 2.75. The van der Waals surface area contributed by atoms with Crippen LogP contribution in [0, 0.1) is 5.92 Å². The van der Waals surface area contributed by atoms with Crippen molar-refractivity contribution in [1.29, 1.82) is 0 Å². The molecule has 4 nitrogen and oxygen atoms in total. The molecule has 1 rings (SSSR count). The molecule has 2 unspecified atom stereocenters. The van der Waals surface area contributed by atoms with Gasteiger partial charge in [0.05, 0.1) is 6.61 Å². The lowest BCUT2D eigenvalue weighted by molar-refractivity contribution is -0.128. The van der Waals surface area contributed by atoms with Crippen LogP contribution in [0.5, 0.6) is 0 Å². The van der Waals surface area contributed by atoms with Gasteiger partial charge < -0.3 is 15.2 Å². The van der Waals surface area contributed by atoms with E-state index in [1.54, 1.807) is 7.11 Å². The molecule has 0 radical (unpaired) electrons. The van der Waals surface area contributed by atoms with Crippen LogP contribution < -0.4 is 5.73 Å². The lowest BCUT2D eigenvalue weighted by atomic mass is 9.85. The summed E-state index contributed by atoms with van der Waals surface area (Å²) in [6.07, 6.45) is 1.37. The van der Waals surface area contributed by atoms with Crippen molar-refractivity contribution in [1.82, 2.24) is 0 Å². The van der Waals surface area contributed by atoms with Crippen molar-refractivity contribution in [2.45, 2.75) is 25.3 Å². The van der Waals surface area contributed by atoms with Gasteiger partial charge in [0.2, 0.25) is 0 Å². The molecule has 0 aliphatic carbocycles. The standard InChI is InChI=1S/C10H19NO3/c1-8(3-5-13-2)9(12)10(11)4-6-14-7-10/h8H,3-7,11H2,1-2H3. The van der Waals surface area contributed by atoms with E-state index in [0.29, 0.717) is 26.2 Å². The summed E-state index contributed by atoms with van der Waals surface area (Å²) in [5.41, 5.74) is 5.22. The first-order valence-electron chi connectivity index (χ1n) is 5.00. The Balaban J connectivity index is 2.46. The number of rotatable bonds is 5. The number of carbonyl (C=O) groups is 1. The molecule has 1 heterocycles. The van der Waals surface area contributed by atoms with Crippen molar-refractivity contribution in [3.8, 4) is 0 Å². The number of carbonyl (C=O) groups excluding carboxylic acids is 1. The van der Waals surface area contributed by atoms with Gasteiger partial charge >= 0.3 is 0 Å². The summed E-state index contributed by atoms with van der Waals surface area (Å²) in [6, 6.07) is 0. The fraction of sp³-hybridized carbons (Fsp3) is 0.900. The molecule has 2 atom stereocenters. The van der Waals surface area contributed by atoms with Crippen LogP contribution >= 0.6 is 0 Å². The van der Waals surface area contributed by atoms with E-state index in [2.05, 4.69) is 0 Å². The third kappa shape index (κ3) is 2.53. The first-order valence-corrected chi connectivity index (χ1v) is 5.00. The molecule has 1 aliphatic heterocycles. The predicted molar refractivity (Wildman–Crippen MR) is 53.0 cm³/mol. The largest absolute Gasteiger partial charge is 0.385 e. The quantitative estimate of drug-likeness (QED) is 0.697. The molecule has 0 saturated carbocycles. The molecule has 0 spiro atoms. The zero-order valence-electron chi connectivity index (χ0n) is 8.91. The molecule has 14 heavy (non-hydrogen) atoms. The smallest absolute Gasteiger partial charge is 0.157 e. The van der Waals surface area contributed by atoms with Gasteiger partial charge in [-0.2, -0.15) is 0 Å². The van der Waals surface area contributed by atoms with Crippen LogP contribution in [0.15, 0.2) is 0 Å².